The molecule has 1 aromatic heterocycles. The minimum atomic E-state index is -0.385. The van der Waals surface area contributed by atoms with E-state index in [2.05, 4.69) is 43.2 Å². The van der Waals surface area contributed by atoms with Crippen LogP contribution in [0.15, 0.2) is 12.1 Å². The summed E-state index contributed by atoms with van der Waals surface area (Å²) < 4.78 is 0. The van der Waals surface area contributed by atoms with E-state index >= 15 is 0 Å². The molecule has 1 aliphatic rings. The topological polar surface area (TPSA) is 70.9 Å². The molecule has 4 heteroatoms. The molecular weight excluding hydrogens is 298 g/mol. The first-order valence-corrected chi connectivity index (χ1v) is 8.94. The predicted molar refractivity (Wildman–Crippen MR) is 98.9 cm³/mol. The van der Waals surface area contributed by atoms with Crippen LogP contribution in [0.25, 0.3) is 10.9 Å². The Hall–Kier alpha value is -1.81. The molecule has 1 aliphatic carbocycles. The molecule has 0 spiro atoms. The molecule has 2 atom stereocenters. The van der Waals surface area contributed by atoms with Crippen LogP contribution in [0.3, 0.4) is 0 Å². The van der Waals surface area contributed by atoms with E-state index in [0.29, 0.717) is 6.54 Å². The lowest BCUT2D eigenvalue weighted by Gasteiger charge is -2.37. The van der Waals surface area contributed by atoms with Gasteiger partial charge in [0.1, 0.15) is 0 Å². The first-order chi connectivity index (χ1) is 11.3. The Labute approximate surface area is 144 Å². The number of carbonyl (C=O) groups excluding carboxylic acids is 1. The van der Waals surface area contributed by atoms with Gasteiger partial charge in [0, 0.05) is 23.2 Å². The van der Waals surface area contributed by atoms with Crippen molar-refractivity contribution in [1.29, 1.82) is 0 Å². The van der Waals surface area contributed by atoms with Gasteiger partial charge in [-0.25, -0.2) is 0 Å². The number of amides is 1. The van der Waals surface area contributed by atoms with E-state index in [9.17, 15) is 4.79 Å². The van der Waals surface area contributed by atoms with Gasteiger partial charge in [-0.1, -0.05) is 24.5 Å². The van der Waals surface area contributed by atoms with Gasteiger partial charge in [0.2, 0.25) is 5.91 Å². The SMILES string of the molecule is Cc1cc(CNC(=O)C2CCCCC2(C)N)c2[nH]c(C)c(C)c2c1. The fraction of sp³-hybridized carbons (Fsp3) is 0.550. The van der Waals surface area contributed by atoms with Crippen LogP contribution in [0.5, 0.6) is 0 Å². The van der Waals surface area contributed by atoms with Gasteiger partial charge in [-0.15, -0.1) is 0 Å². The normalized spacial score (nSPS) is 24.3. The summed E-state index contributed by atoms with van der Waals surface area (Å²) in [6, 6.07) is 4.36. The number of rotatable bonds is 3. The summed E-state index contributed by atoms with van der Waals surface area (Å²) in [5.74, 6) is 0.00743. The lowest BCUT2D eigenvalue weighted by molar-refractivity contribution is -0.128. The van der Waals surface area contributed by atoms with Gasteiger partial charge in [-0.05, 0) is 57.7 Å². The molecule has 1 saturated carbocycles. The highest BCUT2D eigenvalue weighted by atomic mass is 16.1. The Morgan fingerprint density at radius 3 is 2.79 bits per heavy atom. The van der Waals surface area contributed by atoms with E-state index in [1.54, 1.807) is 0 Å². The molecule has 2 unspecified atom stereocenters. The van der Waals surface area contributed by atoms with Crippen LogP contribution in [0.2, 0.25) is 0 Å². The highest BCUT2D eigenvalue weighted by Gasteiger charge is 2.37. The summed E-state index contributed by atoms with van der Waals surface area (Å²) >= 11 is 0. The van der Waals surface area contributed by atoms with Crippen molar-refractivity contribution in [2.45, 2.75) is 65.5 Å². The molecule has 0 radical (unpaired) electrons. The smallest absolute Gasteiger partial charge is 0.225 e. The number of nitrogens with two attached hydrogens (primary N) is 1. The van der Waals surface area contributed by atoms with Crippen LogP contribution in [0.4, 0.5) is 0 Å². The molecule has 0 bridgehead atoms. The maximum absolute atomic E-state index is 12.7. The van der Waals surface area contributed by atoms with Crippen LogP contribution < -0.4 is 11.1 Å². The number of H-pyrrole nitrogens is 1. The number of aryl methyl sites for hydroxylation is 3. The van der Waals surface area contributed by atoms with Gasteiger partial charge < -0.3 is 16.0 Å². The molecule has 2 aromatic rings. The van der Waals surface area contributed by atoms with Crippen molar-refractivity contribution in [3.8, 4) is 0 Å². The first-order valence-electron chi connectivity index (χ1n) is 8.94. The zero-order valence-electron chi connectivity index (χ0n) is 15.3. The summed E-state index contributed by atoms with van der Waals surface area (Å²) in [5, 5.41) is 4.38. The minimum absolute atomic E-state index is 0.0846. The van der Waals surface area contributed by atoms with Crippen molar-refractivity contribution < 1.29 is 4.79 Å². The number of nitrogens with one attached hydrogen (secondary N) is 2. The average molecular weight is 327 g/mol. The van der Waals surface area contributed by atoms with Crippen LogP contribution in [0, 0.1) is 26.7 Å². The second kappa shape index (κ2) is 6.25. The van der Waals surface area contributed by atoms with Crippen molar-refractivity contribution in [3.05, 3.63) is 34.5 Å². The molecule has 0 aliphatic heterocycles. The second-order valence-electron chi connectivity index (χ2n) is 7.74. The van der Waals surface area contributed by atoms with Crippen LogP contribution in [-0.2, 0) is 11.3 Å². The van der Waals surface area contributed by atoms with E-state index < -0.39 is 0 Å². The molecule has 130 valence electrons. The number of aromatic amines is 1. The van der Waals surface area contributed by atoms with E-state index in [1.807, 2.05) is 6.92 Å². The summed E-state index contributed by atoms with van der Waals surface area (Å²) in [4.78, 5) is 16.1. The Bertz CT molecular complexity index is 773. The molecule has 1 aromatic carbocycles. The molecule has 3 rings (SSSR count). The number of hydrogen-bond donors (Lipinski definition) is 3. The predicted octanol–water partition coefficient (Wildman–Crippen LogP) is 3.62. The highest BCUT2D eigenvalue weighted by molar-refractivity contribution is 5.88. The lowest BCUT2D eigenvalue weighted by Crippen LogP contribution is -2.52. The van der Waals surface area contributed by atoms with Gasteiger partial charge in [-0.2, -0.15) is 0 Å². The average Bonchev–Trinajstić information content (AvgIpc) is 2.80. The first kappa shape index (κ1) is 17.0. The van der Waals surface area contributed by atoms with E-state index in [1.165, 1.54) is 22.2 Å². The van der Waals surface area contributed by atoms with Gasteiger partial charge >= 0.3 is 0 Å². The lowest BCUT2D eigenvalue weighted by atomic mass is 9.74. The highest BCUT2D eigenvalue weighted by Crippen LogP contribution is 2.32. The van der Waals surface area contributed by atoms with Crippen LogP contribution in [0.1, 0.15) is 55.0 Å². The molecule has 1 amide bonds. The quantitative estimate of drug-likeness (QED) is 0.806. The van der Waals surface area contributed by atoms with Crippen LogP contribution >= 0.6 is 0 Å². The number of hydrogen-bond acceptors (Lipinski definition) is 2. The van der Waals surface area contributed by atoms with Crippen LogP contribution in [-0.4, -0.2) is 16.4 Å². The standard InChI is InChI=1S/C20H29N3O/c1-12-9-15(18-16(10-12)13(2)14(3)23-18)11-22-19(24)17-7-5-6-8-20(17,4)21/h9-10,17,23H,5-8,11,21H2,1-4H3,(H,22,24). The number of aromatic nitrogens is 1. The monoisotopic (exact) mass is 327 g/mol. The third kappa shape index (κ3) is 3.07. The molecule has 4 nitrogen and oxygen atoms in total. The van der Waals surface area contributed by atoms with Gasteiger partial charge in [0.15, 0.2) is 0 Å². The Morgan fingerprint density at radius 2 is 2.08 bits per heavy atom. The zero-order chi connectivity index (χ0) is 17.5. The number of fused-ring (bicyclic) bond motifs is 1. The Balaban J connectivity index is 1.80. The summed E-state index contributed by atoms with van der Waals surface area (Å²) in [7, 11) is 0. The van der Waals surface area contributed by atoms with E-state index in [0.717, 1.165) is 36.8 Å². The number of benzene rings is 1. The third-order valence-electron chi connectivity index (χ3n) is 5.67. The Kier molecular flexibility index (Phi) is 4.43. The van der Waals surface area contributed by atoms with Gasteiger partial charge in [-0.3, -0.25) is 4.79 Å². The van der Waals surface area contributed by atoms with Crippen molar-refractivity contribution in [1.82, 2.24) is 10.3 Å². The Morgan fingerprint density at radius 1 is 1.33 bits per heavy atom. The second-order valence-corrected chi connectivity index (χ2v) is 7.74. The maximum Gasteiger partial charge on any atom is 0.225 e. The maximum atomic E-state index is 12.7. The largest absolute Gasteiger partial charge is 0.358 e. The van der Waals surface area contributed by atoms with Crippen molar-refractivity contribution in [3.63, 3.8) is 0 Å². The van der Waals surface area contributed by atoms with Crippen molar-refractivity contribution in [2.75, 3.05) is 0 Å². The third-order valence-corrected chi connectivity index (χ3v) is 5.67. The summed E-state index contributed by atoms with van der Waals surface area (Å²) in [6.45, 7) is 8.89. The molecule has 0 saturated heterocycles. The summed E-state index contributed by atoms with van der Waals surface area (Å²) in [5.41, 5.74) is 11.9. The molecular formula is C20H29N3O. The van der Waals surface area contributed by atoms with Gasteiger partial charge in [0.25, 0.3) is 0 Å². The number of carbonyl (C=O) groups is 1. The van der Waals surface area contributed by atoms with Crippen molar-refractivity contribution >= 4 is 16.8 Å². The molecule has 1 heterocycles. The molecule has 4 N–H and O–H groups in total. The molecule has 24 heavy (non-hydrogen) atoms. The fourth-order valence-electron chi connectivity index (χ4n) is 4.02. The van der Waals surface area contributed by atoms with Crippen molar-refractivity contribution in [2.24, 2.45) is 11.7 Å². The molecule has 1 fully saturated rings. The minimum Gasteiger partial charge on any atom is -0.358 e. The van der Waals surface area contributed by atoms with E-state index in [4.69, 9.17) is 5.73 Å². The van der Waals surface area contributed by atoms with E-state index in [-0.39, 0.29) is 17.4 Å². The zero-order valence-corrected chi connectivity index (χ0v) is 15.3. The summed E-state index contributed by atoms with van der Waals surface area (Å²) in [6.07, 6.45) is 4.03. The van der Waals surface area contributed by atoms with Gasteiger partial charge in [0.05, 0.1) is 11.4 Å². The fourth-order valence-corrected chi connectivity index (χ4v) is 4.02.